The lowest BCUT2D eigenvalue weighted by Crippen LogP contribution is -2.32. The third-order valence-electron chi connectivity index (χ3n) is 4.81. The van der Waals surface area contributed by atoms with E-state index in [1.54, 1.807) is 7.11 Å². The quantitative estimate of drug-likeness (QED) is 0.825. The molecule has 0 aliphatic carbocycles. The average Bonchev–Trinajstić information content (AvgIpc) is 2.84. The summed E-state index contributed by atoms with van der Waals surface area (Å²) in [5.41, 5.74) is 3.47. The Bertz CT molecular complexity index is 710. The summed E-state index contributed by atoms with van der Waals surface area (Å²) >= 11 is 0. The van der Waals surface area contributed by atoms with Crippen LogP contribution in [0.1, 0.15) is 43.2 Å². The summed E-state index contributed by atoms with van der Waals surface area (Å²) in [5.74, 6) is 1.18. The van der Waals surface area contributed by atoms with Crippen molar-refractivity contribution in [2.24, 2.45) is 0 Å². The number of benzene rings is 2. The van der Waals surface area contributed by atoms with Crippen molar-refractivity contribution in [3.63, 3.8) is 0 Å². The van der Waals surface area contributed by atoms with E-state index in [9.17, 15) is 4.79 Å². The number of aryl methyl sites for hydroxylation is 1. The van der Waals surface area contributed by atoms with E-state index < -0.39 is 0 Å². The van der Waals surface area contributed by atoms with Gasteiger partial charge in [0.15, 0.2) is 0 Å². The van der Waals surface area contributed by atoms with Crippen LogP contribution in [0.3, 0.4) is 0 Å². The Morgan fingerprint density at radius 2 is 1.88 bits per heavy atom. The van der Waals surface area contributed by atoms with Crippen LogP contribution in [0.4, 0.5) is 5.69 Å². The van der Waals surface area contributed by atoms with E-state index in [1.807, 2.05) is 35.2 Å². The van der Waals surface area contributed by atoms with E-state index >= 15 is 0 Å². The Balaban J connectivity index is 1.79. The van der Waals surface area contributed by atoms with E-state index in [4.69, 9.17) is 4.74 Å². The van der Waals surface area contributed by atoms with E-state index in [0.29, 0.717) is 6.42 Å². The molecular weight excluding hydrogens is 298 g/mol. The lowest BCUT2D eigenvalue weighted by molar-refractivity contribution is -0.118. The molecule has 1 heterocycles. The van der Waals surface area contributed by atoms with Crippen LogP contribution in [0.25, 0.3) is 0 Å². The van der Waals surface area contributed by atoms with Crippen LogP contribution in [0.2, 0.25) is 0 Å². The van der Waals surface area contributed by atoms with Crippen LogP contribution in [-0.4, -0.2) is 19.6 Å². The summed E-state index contributed by atoms with van der Waals surface area (Å²) in [6, 6.07) is 16.3. The van der Waals surface area contributed by atoms with E-state index in [1.165, 1.54) is 5.56 Å². The molecule has 0 saturated carbocycles. The van der Waals surface area contributed by atoms with Crippen molar-refractivity contribution < 1.29 is 9.53 Å². The molecule has 2 aromatic rings. The van der Waals surface area contributed by atoms with Gasteiger partial charge >= 0.3 is 0 Å². The highest BCUT2D eigenvalue weighted by molar-refractivity contribution is 5.94. The molecular formula is C21H25NO2. The smallest absolute Gasteiger partial charge is 0.227 e. The number of carbonyl (C=O) groups is 1. The summed E-state index contributed by atoms with van der Waals surface area (Å²) in [4.78, 5) is 15.0. The minimum atomic E-state index is 0.129. The van der Waals surface area contributed by atoms with Gasteiger partial charge in [-0.25, -0.2) is 0 Å². The molecule has 0 N–H and O–H groups in total. The second-order valence-electron chi connectivity index (χ2n) is 6.48. The maximum atomic E-state index is 13.0. The number of ether oxygens (including phenoxy) is 1. The van der Waals surface area contributed by atoms with Crippen LogP contribution in [-0.2, 0) is 11.2 Å². The molecule has 0 spiro atoms. The molecule has 3 nitrogen and oxygen atoms in total. The second-order valence-corrected chi connectivity index (χ2v) is 6.48. The van der Waals surface area contributed by atoms with Gasteiger partial charge in [0.25, 0.3) is 0 Å². The maximum Gasteiger partial charge on any atom is 0.227 e. The molecule has 1 unspecified atom stereocenters. The predicted molar refractivity (Wildman–Crippen MR) is 97.8 cm³/mol. The molecule has 3 rings (SSSR count). The summed E-state index contributed by atoms with van der Waals surface area (Å²) in [5, 5.41) is 0. The van der Waals surface area contributed by atoms with Gasteiger partial charge in [-0.3, -0.25) is 4.79 Å². The van der Waals surface area contributed by atoms with E-state index in [-0.39, 0.29) is 11.8 Å². The fourth-order valence-corrected chi connectivity index (χ4v) is 3.51. The van der Waals surface area contributed by atoms with Crippen molar-refractivity contribution in [2.75, 3.05) is 18.6 Å². The largest absolute Gasteiger partial charge is 0.496 e. The number of hydrogen-bond donors (Lipinski definition) is 0. The van der Waals surface area contributed by atoms with Crippen LogP contribution >= 0.6 is 0 Å². The van der Waals surface area contributed by atoms with Gasteiger partial charge in [0.05, 0.1) is 7.11 Å². The monoisotopic (exact) mass is 323 g/mol. The molecule has 1 amide bonds. The van der Waals surface area contributed by atoms with Gasteiger partial charge < -0.3 is 9.64 Å². The van der Waals surface area contributed by atoms with Crippen molar-refractivity contribution in [3.8, 4) is 5.75 Å². The van der Waals surface area contributed by atoms with Gasteiger partial charge in [-0.15, -0.1) is 0 Å². The van der Waals surface area contributed by atoms with Gasteiger partial charge in [0.2, 0.25) is 5.91 Å². The Labute approximate surface area is 144 Å². The zero-order valence-corrected chi connectivity index (χ0v) is 14.5. The normalized spacial score (nSPS) is 15.3. The van der Waals surface area contributed by atoms with Gasteiger partial charge in [0.1, 0.15) is 5.75 Å². The number of hydrogen-bond acceptors (Lipinski definition) is 2. The molecule has 126 valence electrons. The zero-order chi connectivity index (χ0) is 16.9. The number of carbonyl (C=O) groups excluding carboxylic acids is 1. The lowest BCUT2D eigenvalue weighted by Gasteiger charge is -2.25. The summed E-state index contributed by atoms with van der Waals surface area (Å²) in [7, 11) is 1.68. The van der Waals surface area contributed by atoms with Gasteiger partial charge in [-0.2, -0.15) is 0 Å². The third kappa shape index (κ3) is 3.45. The molecule has 1 aliphatic heterocycles. The molecule has 3 heteroatoms. The van der Waals surface area contributed by atoms with Crippen LogP contribution in [0.5, 0.6) is 5.75 Å². The number of methoxy groups -OCH3 is 1. The van der Waals surface area contributed by atoms with Gasteiger partial charge in [0, 0.05) is 18.7 Å². The first-order valence-electron chi connectivity index (χ1n) is 8.72. The van der Waals surface area contributed by atoms with Crippen molar-refractivity contribution in [1.82, 2.24) is 0 Å². The van der Waals surface area contributed by atoms with Crippen LogP contribution < -0.4 is 9.64 Å². The lowest BCUT2D eigenvalue weighted by atomic mass is 9.96. The van der Waals surface area contributed by atoms with Gasteiger partial charge in [-0.1, -0.05) is 43.3 Å². The molecule has 1 atom stereocenters. The third-order valence-corrected chi connectivity index (χ3v) is 4.81. The highest BCUT2D eigenvalue weighted by atomic mass is 16.5. The van der Waals surface area contributed by atoms with Crippen molar-refractivity contribution >= 4 is 11.6 Å². The molecule has 0 radical (unpaired) electrons. The molecule has 24 heavy (non-hydrogen) atoms. The first-order valence-corrected chi connectivity index (χ1v) is 8.72. The molecule has 0 bridgehead atoms. The molecule has 0 fully saturated rings. The molecule has 1 aliphatic rings. The summed E-state index contributed by atoms with van der Waals surface area (Å²) in [6.07, 6.45) is 3.75. The van der Waals surface area contributed by atoms with Crippen LogP contribution in [0.15, 0.2) is 48.5 Å². The van der Waals surface area contributed by atoms with E-state index in [2.05, 4.69) is 25.1 Å². The van der Waals surface area contributed by atoms with Crippen molar-refractivity contribution in [2.45, 2.75) is 38.5 Å². The minimum Gasteiger partial charge on any atom is -0.496 e. The van der Waals surface area contributed by atoms with Crippen LogP contribution in [0, 0.1) is 0 Å². The minimum absolute atomic E-state index is 0.129. The fourth-order valence-electron chi connectivity index (χ4n) is 3.51. The number of rotatable bonds is 4. The number of amides is 1. The summed E-state index contributed by atoms with van der Waals surface area (Å²) < 4.78 is 5.44. The standard InChI is InChI=1S/C21H25NO2/c1-16(18-11-4-6-13-20(18)24-2)15-21(23)22-14-8-7-10-17-9-3-5-12-19(17)22/h3-6,9,11-13,16H,7-8,10,14-15H2,1-2H3. The first-order chi connectivity index (χ1) is 11.7. The van der Waals surface area contributed by atoms with Crippen molar-refractivity contribution in [3.05, 3.63) is 59.7 Å². The first kappa shape index (κ1) is 16.6. The SMILES string of the molecule is COc1ccccc1C(C)CC(=O)N1CCCCc2ccccc21. The average molecular weight is 323 g/mol. The fraction of sp³-hybridized carbons (Fsp3) is 0.381. The maximum absolute atomic E-state index is 13.0. The Hall–Kier alpha value is -2.29. The molecule has 2 aromatic carbocycles. The highest BCUT2D eigenvalue weighted by Crippen LogP contribution is 2.31. The second kappa shape index (κ2) is 7.52. The van der Waals surface area contributed by atoms with Gasteiger partial charge in [-0.05, 0) is 48.4 Å². The number of nitrogens with zero attached hydrogens (tertiary/aromatic N) is 1. The number of anilines is 1. The number of fused-ring (bicyclic) bond motifs is 1. The Kier molecular flexibility index (Phi) is 5.19. The Morgan fingerprint density at radius 3 is 2.71 bits per heavy atom. The van der Waals surface area contributed by atoms with E-state index in [0.717, 1.165) is 42.8 Å². The summed E-state index contributed by atoms with van der Waals surface area (Å²) in [6.45, 7) is 2.91. The highest BCUT2D eigenvalue weighted by Gasteiger charge is 2.23. The zero-order valence-electron chi connectivity index (χ0n) is 14.5. The number of para-hydroxylation sites is 2. The molecule has 0 saturated heterocycles. The topological polar surface area (TPSA) is 29.5 Å². The molecule has 0 aromatic heterocycles. The predicted octanol–water partition coefficient (Wildman–Crippen LogP) is 4.56. The Morgan fingerprint density at radius 1 is 1.12 bits per heavy atom. The van der Waals surface area contributed by atoms with Crippen molar-refractivity contribution in [1.29, 1.82) is 0 Å².